The van der Waals surface area contributed by atoms with Crippen LogP contribution in [0.2, 0.25) is 0 Å². The fourth-order valence-corrected chi connectivity index (χ4v) is 3.62. The van der Waals surface area contributed by atoms with Crippen LogP contribution in [-0.4, -0.2) is 35.6 Å². The number of aromatic nitrogens is 6. The van der Waals surface area contributed by atoms with Gasteiger partial charge in [-0.3, -0.25) is 9.48 Å². The predicted molar refractivity (Wildman–Crippen MR) is 115 cm³/mol. The minimum absolute atomic E-state index is 0.125. The van der Waals surface area contributed by atoms with Gasteiger partial charge in [-0.05, 0) is 25.1 Å². The molecule has 0 saturated heterocycles. The van der Waals surface area contributed by atoms with E-state index in [0.29, 0.717) is 45.2 Å². The summed E-state index contributed by atoms with van der Waals surface area (Å²) in [7, 11) is 1.72. The zero-order valence-corrected chi connectivity index (χ0v) is 17.6. The number of H-pyrrole nitrogens is 1. The largest absolute Gasteiger partial charge is 0.446 e. The van der Waals surface area contributed by atoms with Crippen LogP contribution in [0, 0.1) is 17.1 Å². The van der Waals surface area contributed by atoms with E-state index >= 15 is 0 Å². The first-order valence-corrected chi connectivity index (χ1v) is 10.0. The van der Waals surface area contributed by atoms with Crippen molar-refractivity contribution in [2.75, 3.05) is 0 Å². The highest BCUT2D eigenvalue weighted by Gasteiger charge is 2.21. The maximum absolute atomic E-state index is 13.7. The van der Waals surface area contributed by atoms with E-state index in [1.165, 1.54) is 24.6 Å². The molecule has 1 unspecified atom stereocenters. The number of fused-ring (bicyclic) bond motifs is 2. The van der Waals surface area contributed by atoms with E-state index in [0.717, 1.165) is 5.39 Å². The van der Waals surface area contributed by atoms with Gasteiger partial charge in [0.05, 0.1) is 35.5 Å². The van der Waals surface area contributed by atoms with Gasteiger partial charge in [-0.1, -0.05) is 0 Å². The van der Waals surface area contributed by atoms with Crippen molar-refractivity contribution >= 4 is 28.0 Å². The molecule has 0 bridgehead atoms. The first-order valence-electron chi connectivity index (χ1n) is 10.0. The number of nitriles is 1. The molecule has 1 amide bonds. The summed E-state index contributed by atoms with van der Waals surface area (Å²) in [5, 5.41) is 16.8. The van der Waals surface area contributed by atoms with Crippen LogP contribution in [0.4, 0.5) is 4.39 Å². The van der Waals surface area contributed by atoms with E-state index in [-0.39, 0.29) is 12.2 Å². The van der Waals surface area contributed by atoms with E-state index in [9.17, 15) is 9.18 Å². The number of amides is 1. The Morgan fingerprint density at radius 3 is 3.06 bits per heavy atom. The summed E-state index contributed by atoms with van der Waals surface area (Å²) < 4.78 is 20.6. The third-order valence-electron chi connectivity index (χ3n) is 5.23. The monoisotopic (exact) mass is 444 g/mol. The Morgan fingerprint density at radius 1 is 1.39 bits per heavy atom. The van der Waals surface area contributed by atoms with Crippen molar-refractivity contribution in [3.8, 4) is 17.5 Å². The van der Waals surface area contributed by atoms with Crippen molar-refractivity contribution in [2.24, 2.45) is 7.05 Å². The van der Waals surface area contributed by atoms with Crippen LogP contribution in [-0.2, 0) is 13.5 Å². The van der Waals surface area contributed by atoms with Gasteiger partial charge < -0.3 is 14.7 Å². The summed E-state index contributed by atoms with van der Waals surface area (Å²) in [5.74, 6) is -0.455. The highest BCUT2D eigenvalue weighted by molar-refractivity contribution is 6.05. The van der Waals surface area contributed by atoms with Crippen LogP contribution in [0.1, 0.15) is 34.9 Å². The lowest BCUT2D eigenvalue weighted by Crippen LogP contribution is -2.26. The second-order valence-corrected chi connectivity index (χ2v) is 7.50. The maximum atomic E-state index is 13.7. The number of oxazole rings is 1. The number of halogens is 1. The number of carbonyl (C=O) groups is 1. The molecule has 4 heterocycles. The van der Waals surface area contributed by atoms with Gasteiger partial charge in [0.25, 0.3) is 5.91 Å². The SMILES string of the molecule is CC(NC(=O)c1c[nH]c2ncc(-c3nn(C)c4cc(F)ccc34)nc12)c1nc(CC#N)co1. The highest BCUT2D eigenvalue weighted by atomic mass is 19.1. The first kappa shape index (κ1) is 20.3. The Hall–Kier alpha value is -4.59. The minimum atomic E-state index is -0.527. The molecule has 0 saturated carbocycles. The summed E-state index contributed by atoms with van der Waals surface area (Å²) >= 11 is 0. The quantitative estimate of drug-likeness (QED) is 0.424. The topological polar surface area (TPSA) is 138 Å². The number of hydrogen-bond acceptors (Lipinski definition) is 7. The van der Waals surface area contributed by atoms with Gasteiger partial charge in [-0.2, -0.15) is 10.4 Å². The number of benzene rings is 1. The van der Waals surface area contributed by atoms with E-state index in [1.807, 2.05) is 6.07 Å². The second-order valence-electron chi connectivity index (χ2n) is 7.50. The van der Waals surface area contributed by atoms with Gasteiger partial charge >= 0.3 is 0 Å². The van der Waals surface area contributed by atoms with E-state index < -0.39 is 11.9 Å². The molecule has 0 aliphatic carbocycles. The van der Waals surface area contributed by atoms with Gasteiger partial charge in [0.2, 0.25) is 5.89 Å². The van der Waals surface area contributed by atoms with Crippen LogP contribution in [0.15, 0.2) is 41.3 Å². The fraction of sp³-hybridized carbons (Fsp3) is 0.182. The molecular weight excluding hydrogens is 427 g/mol. The minimum Gasteiger partial charge on any atom is -0.446 e. The summed E-state index contributed by atoms with van der Waals surface area (Å²) in [6.45, 7) is 1.73. The zero-order valence-electron chi connectivity index (χ0n) is 17.6. The van der Waals surface area contributed by atoms with Crippen molar-refractivity contribution in [1.82, 2.24) is 35.0 Å². The molecule has 0 radical (unpaired) electrons. The Morgan fingerprint density at radius 2 is 2.24 bits per heavy atom. The molecule has 33 heavy (non-hydrogen) atoms. The Bertz CT molecular complexity index is 1560. The molecule has 164 valence electrons. The van der Waals surface area contributed by atoms with Crippen molar-refractivity contribution in [3.05, 3.63) is 59.8 Å². The zero-order chi connectivity index (χ0) is 23.1. The van der Waals surface area contributed by atoms with E-state index in [4.69, 9.17) is 9.68 Å². The molecule has 1 aromatic carbocycles. The Balaban J connectivity index is 1.47. The number of aryl methyl sites for hydroxylation is 1. The molecule has 4 aromatic heterocycles. The molecule has 0 aliphatic heterocycles. The normalized spacial score (nSPS) is 12.2. The molecule has 5 rings (SSSR count). The number of carbonyl (C=O) groups excluding carboxylic acids is 1. The maximum Gasteiger partial charge on any atom is 0.255 e. The van der Waals surface area contributed by atoms with Crippen LogP contribution in [0.3, 0.4) is 0 Å². The summed E-state index contributed by atoms with van der Waals surface area (Å²) in [6, 6.07) is 5.88. The van der Waals surface area contributed by atoms with E-state index in [1.54, 1.807) is 30.9 Å². The van der Waals surface area contributed by atoms with Crippen molar-refractivity contribution < 1.29 is 13.6 Å². The van der Waals surface area contributed by atoms with Crippen LogP contribution < -0.4 is 5.32 Å². The lowest BCUT2D eigenvalue weighted by Gasteiger charge is -2.09. The van der Waals surface area contributed by atoms with E-state index in [2.05, 4.69) is 30.4 Å². The number of rotatable bonds is 5. The number of nitrogens with one attached hydrogen (secondary N) is 2. The van der Waals surface area contributed by atoms with Gasteiger partial charge in [0.15, 0.2) is 5.65 Å². The Labute approximate surface area is 186 Å². The van der Waals surface area contributed by atoms with Crippen molar-refractivity contribution in [1.29, 1.82) is 5.26 Å². The second kappa shape index (κ2) is 7.83. The summed E-state index contributed by atoms with van der Waals surface area (Å²) in [4.78, 5) is 29.1. The van der Waals surface area contributed by atoms with Crippen LogP contribution in [0.25, 0.3) is 33.5 Å². The predicted octanol–water partition coefficient (Wildman–Crippen LogP) is 3.20. The number of aromatic amines is 1. The smallest absolute Gasteiger partial charge is 0.255 e. The molecular formula is C22H17FN8O2. The van der Waals surface area contributed by atoms with Gasteiger partial charge in [-0.25, -0.2) is 19.3 Å². The third-order valence-corrected chi connectivity index (χ3v) is 5.23. The third kappa shape index (κ3) is 3.57. The molecule has 10 nitrogen and oxygen atoms in total. The lowest BCUT2D eigenvalue weighted by molar-refractivity contribution is 0.0935. The molecule has 5 aromatic rings. The van der Waals surface area contributed by atoms with Crippen LogP contribution >= 0.6 is 0 Å². The highest BCUT2D eigenvalue weighted by Crippen LogP contribution is 2.28. The molecule has 2 N–H and O–H groups in total. The number of nitrogens with zero attached hydrogens (tertiary/aromatic N) is 6. The summed E-state index contributed by atoms with van der Waals surface area (Å²) in [5.41, 5.74) is 3.21. The van der Waals surface area contributed by atoms with Gasteiger partial charge in [-0.15, -0.1) is 0 Å². The van der Waals surface area contributed by atoms with Gasteiger partial charge in [0.1, 0.15) is 35.0 Å². The fourth-order valence-electron chi connectivity index (χ4n) is 3.62. The average molecular weight is 444 g/mol. The molecule has 0 aliphatic rings. The molecule has 1 atom stereocenters. The molecule has 0 fully saturated rings. The Kier molecular flexibility index (Phi) is 4.82. The standard InChI is InChI=1S/C22H17FN8O2/c1-11(22-28-13(5-6-24)10-33-22)27-21(32)15-8-25-20-19(15)29-16(9-26-20)18-14-4-3-12(23)7-17(14)31(2)30-18/h3-4,7-11H,5H2,1-2H3,(H,25,26)(H,27,32). The first-order chi connectivity index (χ1) is 15.9. The van der Waals surface area contributed by atoms with Crippen molar-refractivity contribution in [3.63, 3.8) is 0 Å². The van der Waals surface area contributed by atoms with Crippen molar-refractivity contribution in [2.45, 2.75) is 19.4 Å². The molecule has 11 heteroatoms. The molecule has 0 spiro atoms. The van der Waals surface area contributed by atoms with Crippen LogP contribution in [0.5, 0.6) is 0 Å². The number of hydrogen-bond donors (Lipinski definition) is 2. The average Bonchev–Trinajstić information content (AvgIpc) is 3.51. The lowest BCUT2D eigenvalue weighted by atomic mass is 10.1. The summed E-state index contributed by atoms with van der Waals surface area (Å²) in [6.07, 6.45) is 4.60. The van der Waals surface area contributed by atoms with Gasteiger partial charge in [0, 0.05) is 18.6 Å².